The third-order valence-electron chi connectivity index (χ3n) is 5.59. The number of carbonyl (C=O) groups is 1. The van der Waals surface area contributed by atoms with Crippen LogP contribution in [-0.2, 0) is 24.2 Å². The predicted molar refractivity (Wildman–Crippen MR) is 108 cm³/mol. The first-order valence-electron chi connectivity index (χ1n) is 9.70. The monoisotopic (exact) mass is 376 g/mol. The molecule has 0 aromatic carbocycles. The Balaban J connectivity index is 1.58. The van der Waals surface area contributed by atoms with E-state index in [-0.39, 0.29) is 5.91 Å². The number of rotatable bonds is 4. The summed E-state index contributed by atoms with van der Waals surface area (Å²) in [5.41, 5.74) is 7.35. The average Bonchev–Trinajstić information content (AvgIpc) is 2.96. The highest BCUT2D eigenvalue weighted by molar-refractivity contribution is 7.12. The Morgan fingerprint density at radius 3 is 3.04 bits per heavy atom. The molecule has 3 rings (SSSR count). The molecule has 3 N–H and O–H groups in total. The lowest BCUT2D eigenvalue weighted by molar-refractivity contribution is -0.119. The number of nitrogens with one attached hydrogen (secondary N) is 1. The number of aryl methyl sites for hydroxylation is 1. The summed E-state index contributed by atoms with van der Waals surface area (Å²) in [5, 5.41) is 3.53. The molecule has 1 saturated heterocycles. The number of hydrogen-bond donors (Lipinski definition) is 2. The molecule has 1 aliphatic heterocycles. The third kappa shape index (κ3) is 4.78. The predicted octanol–water partition coefficient (Wildman–Crippen LogP) is 2.93. The van der Waals surface area contributed by atoms with Crippen LogP contribution < -0.4 is 11.1 Å². The largest absolute Gasteiger partial charge is 0.370 e. The van der Waals surface area contributed by atoms with Gasteiger partial charge in [-0.2, -0.15) is 0 Å². The number of thiophene rings is 1. The molecule has 2 heterocycles. The van der Waals surface area contributed by atoms with Crippen LogP contribution in [0.4, 0.5) is 0 Å². The lowest BCUT2D eigenvalue weighted by Gasteiger charge is -2.34. The van der Waals surface area contributed by atoms with E-state index in [9.17, 15) is 4.79 Å². The van der Waals surface area contributed by atoms with Crippen LogP contribution in [0.5, 0.6) is 0 Å². The SMILES string of the molecule is CN=C(NCc1cc2c(s1)CCC(C)(C)C2)N1CCCC(CC(N)=O)C1. The first-order valence-corrected chi connectivity index (χ1v) is 10.5. The summed E-state index contributed by atoms with van der Waals surface area (Å²) < 4.78 is 0. The molecule has 2 aliphatic rings. The number of hydrogen-bond acceptors (Lipinski definition) is 3. The van der Waals surface area contributed by atoms with Gasteiger partial charge in [-0.25, -0.2) is 0 Å². The van der Waals surface area contributed by atoms with Crippen LogP contribution in [0.25, 0.3) is 0 Å². The van der Waals surface area contributed by atoms with Gasteiger partial charge in [0.05, 0.1) is 6.54 Å². The maximum absolute atomic E-state index is 11.2. The van der Waals surface area contributed by atoms with E-state index in [0.29, 0.717) is 17.8 Å². The Bertz CT molecular complexity index is 679. The summed E-state index contributed by atoms with van der Waals surface area (Å²) in [4.78, 5) is 20.9. The highest BCUT2D eigenvalue weighted by atomic mass is 32.1. The number of nitrogens with two attached hydrogens (primary N) is 1. The van der Waals surface area contributed by atoms with E-state index in [2.05, 4.69) is 35.1 Å². The summed E-state index contributed by atoms with van der Waals surface area (Å²) in [6.45, 7) is 7.40. The molecule has 0 saturated carbocycles. The van der Waals surface area contributed by atoms with Crippen molar-refractivity contribution in [3.8, 4) is 0 Å². The lowest BCUT2D eigenvalue weighted by atomic mass is 9.77. The first kappa shape index (κ1) is 19.2. The Morgan fingerprint density at radius 1 is 1.50 bits per heavy atom. The lowest BCUT2D eigenvalue weighted by Crippen LogP contribution is -2.46. The summed E-state index contributed by atoms with van der Waals surface area (Å²) >= 11 is 1.95. The van der Waals surface area contributed by atoms with E-state index in [1.54, 1.807) is 4.88 Å². The molecule has 1 amide bonds. The van der Waals surface area contributed by atoms with Gasteiger partial charge in [-0.1, -0.05) is 13.8 Å². The van der Waals surface area contributed by atoms with Gasteiger partial charge in [0, 0.05) is 36.3 Å². The quantitative estimate of drug-likeness (QED) is 0.627. The van der Waals surface area contributed by atoms with Crippen molar-refractivity contribution in [2.24, 2.45) is 22.1 Å². The van der Waals surface area contributed by atoms with Gasteiger partial charge in [0.15, 0.2) is 5.96 Å². The number of carbonyl (C=O) groups excluding carboxylic acids is 1. The normalized spacial score (nSPS) is 22.8. The van der Waals surface area contributed by atoms with Crippen LogP contribution in [0.1, 0.15) is 54.8 Å². The number of guanidine groups is 1. The van der Waals surface area contributed by atoms with Crippen molar-refractivity contribution in [2.45, 2.75) is 58.9 Å². The Hall–Kier alpha value is -1.56. The number of amides is 1. The number of piperidine rings is 1. The molecular formula is C20H32N4OS. The fourth-order valence-corrected chi connectivity index (χ4v) is 5.37. The minimum Gasteiger partial charge on any atom is -0.370 e. The van der Waals surface area contributed by atoms with Crippen molar-refractivity contribution in [3.63, 3.8) is 0 Å². The number of likely N-dealkylation sites (tertiary alicyclic amines) is 1. The summed E-state index contributed by atoms with van der Waals surface area (Å²) in [5.74, 6) is 1.08. The van der Waals surface area contributed by atoms with E-state index in [0.717, 1.165) is 38.4 Å². The minimum absolute atomic E-state index is 0.202. The van der Waals surface area contributed by atoms with Gasteiger partial charge >= 0.3 is 0 Å². The smallest absolute Gasteiger partial charge is 0.217 e. The minimum atomic E-state index is -0.202. The van der Waals surface area contributed by atoms with Crippen molar-refractivity contribution < 1.29 is 4.79 Å². The fourth-order valence-electron chi connectivity index (χ4n) is 4.24. The van der Waals surface area contributed by atoms with Crippen LogP contribution in [0, 0.1) is 11.3 Å². The van der Waals surface area contributed by atoms with Crippen molar-refractivity contribution in [3.05, 3.63) is 21.4 Å². The Labute approximate surface area is 161 Å². The van der Waals surface area contributed by atoms with Crippen molar-refractivity contribution >= 4 is 23.2 Å². The van der Waals surface area contributed by atoms with Gasteiger partial charge in [0.25, 0.3) is 0 Å². The maximum atomic E-state index is 11.2. The summed E-state index contributed by atoms with van der Waals surface area (Å²) in [6, 6.07) is 2.38. The van der Waals surface area contributed by atoms with Crippen LogP contribution in [0.2, 0.25) is 0 Å². The topological polar surface area (TPSA) is 70.7 Å². The Kier molecular flexibility index (Phi) is 5.90. The molecule has 1 aliphatic carbocycles. The van der Waals surface area contributed by atoms with Gasteiger partial charge < -0.3 is 16.0 Å². The molecule has 1 atom stereocenters. The second-order valence-corrected chi connectivity index (χ2v) is 9.75. The molecule has 1 unspecified atom stereocenters. The van der Waals surface area contributed by atoms with Crippen LogP contribution in [0.3, 0.4) is 0 Å². The van der Waals surface area contributed by atoms with E-state index in [4.69, 9.17) is 5.73 Å². The van der Waals surface area contributed by atoms with Gasteiger partial charge in [0.1, 0.15) is 0 Å². The second-order valence-electron chi connectivity index (χ2n) is 8.53. The highest BCUT2D eigenvalue weighted by Gasteiger charge is 2.27. The molecule has 1 aromatic rings. The van der Waals surface area contributed by atoms with E-state index < -0.39 is 0 Å². The van der Waals surface area contributed by atoms with Gasteiger partial charge in [-0.05, 0) is 55.1 Å². The van der Waals surface area contributed by atoms with E-state index in [1.807, 2.05) is 18.4 Å². The molecule has 0 radical (unpaired) electrons. The van der Waals surface area contributed by atoms with Crippen molar-refractivity contribution in [1.82, 2.24) is 10.2 Å². The van der Waals surface area contributed by atoms with E-state index in [1.165, 1.54) is 29.7 Å². The van der Waals surface area contributed by atoms with E-state index >= 15 is 0 Å². The molecule has 144 valence electrons. The van der Waals surface area contributed by atoms with Crippen LogP contribution in [-0.4, -0.2) is 36.9 Å². The maximum Gasteiger partial charge on any atom is 0.217 e. The second kappa shape index (κ2) is 7.99. The van der Waals surface area contributed by atoms with Crippen molar-refractivity contribution in [2.75, 3.05) is 20.1 Å². The van der Waals surface area contributed by atoms with Gasteiger partial charge in [-0.3, -0.25) is 9.79 Å². The zero-order valence-electron chi connectivity index (χ0n) is 16.3. The van der Waals surface area contributed by atoms with Gasteiger partial charge in [-0.15, -0.1) is 11.3 Å². The summed E-state index contributed by atoms with van der Waals surface area (Å²) in [6.07, 6.45) is 6.31. The molecule has 0 bridgehead atoms. The fraction of sp³-hybridized carbons (Fsp3) is 0.700. The number of primary amides is 1. The zero-order chi connectivity index (χ0) is 18.7. The standard InChI is InChI=1S/C20H32N4OS/c1-20(2)7-6-17-15(11-20)10-16(26-17)12-23-19(22-3)24-8-4-5-14(13-24)9-18(21)25/h10,14H,4-9,11-13H2,1-3H3,(H2,21,25)(H,22,23). The van der Waals surface area contributed by atoms with Crippen molar-refractivity contribution in [1.29, 1.82) is 0 Å². The molecule has 1 aromatic heterocycles. The molecule has 6 heteroatoms. The molecule has 5 nitrogen and oxygen atoms in total. The van der Waals surface area contributed by atoms with Crippen LogP contribution >= 0.6 is 11.3 Å². The number of nitrogens with zero attached hydrogens (tertiary/aromatic N) is 2. The summed E-state index contributed by atoms with van der Waals surface area (Å²) in [7, 11) is 1.84. The van der Waals surface area contributed by atoms with Crippen LogP contribution in [0.15, 0.2) is 11.1 Å². The molecular weight excluding hydrogens is 344 g/mol. The number of fused-ring (bicyclic) bond motifs is 1. The third-order valence-corrected chi connectivity index (χ3v) is 6.82. The number of aliphatic imine (C=N–C) groups is 1. The molecule has 26 heavy (non-hydrogen) atoms. The van der Waals surface area contributed by atoms with Gasteiger partial charge in [0.2, 0.25) is 5.91 Å². The average molecular weight is 377 g/mol. The highest BCUT2D eigenvalue weighted by Crippen LogP contribution is 2.38. The zero-order valence-corrected chi connectivity index (χ0v) is 17.1. The molecule has 0 spiro atoms. The molecule has 1 fully saturated rings. The Morgan fingerprint density at radius 2 is 2.31 bits per heavy atom. The first-order chi connectivity index (χ1) is 12.4.